The molecule has 1 saturated heterocycles. The van der Waals surface area contributed by atoms with Crippen LogP contribution in [0.4, 0.5) is 4.79 Å². The fourth-order valence-electron chi connectivity index (χ4n) is 2.94. The van der Waals surface area contributed by atoms with E-state index in [0.29, 0.717) is 34.9 Å². The number of piperidine rings is 1. The molecule has 0 spiro atoms. The van der Waals surface area contributed by atoms with Gasteiger partial charge < -0.3 is 10.0 Å². The summed E-state index contributed by atoms with van der Waals surface area (Å²) in [6.07, 6.45) is 4.22. The second-order valence-corrected chi connectivity index (χ2v) is 7.38. The van der Waals surface area contributed by atoms with Crippen LogP contribution in [0.3, 0.4) is 0 Å². The Morgan fingerprint density at radius 1 is 1.46 bits per heavy atom. The number of hydrogen-bond donors (Lipinski definition) is 1. The van der Waals surface area contributed by atoms with Crippen molar-refractivity contribution in [3.05, 3.63) is 27.1 Å². The largest absolute Gasteiger partial charge is 0.465 e. The van der Waals surface area contributed by atoms with E-state index < -0.39 is 6.09 Å². The number of rotatable bonds is 3. The molecule has 3 rings (SSSR count). The molecule has 1 aliphatic rings. The molecule has 1 fully saturated rings. The summed E-state index contributed by atoms with van der Waals surface area (Å²) < 4.78 is 2.17. The first kappa shape index (κ1) is 17.2. The van der Waals surface area contributed by atoms with Crippen molar-refractivity contribution in [2.45, 2.75) is 24.5 Å². The van der Waals surface area contributed by atoms with Crippen LogP contribution in [0.1, 0.15) is 12.8 Å². The van der Waals surface area contributed by atoms with Crippen LogP contribution < -0.4 is 5.56 Å². The molecule has 3 heterocycles. The van der Waals surface area contributed by atoms with Gasteiger partial charge in [0.15, 0.2) is 5.16 Å². The summed E-state index contributed by atoms with van der Waals surface area (Å²) in [5, 5.41) is 10.5. The number of carbonyl (C=O) groups is 1. The molecule has 0 aromatic carbocycles. The van der Waals surface area contributed by atoms with Crippen LogP contribution in [-0.4, -0.2) is 50.0 Å². The van der Waals surface area contributed by atoms with Crippen LogP contribution >= 0.6 is 27.7 Å². The molecule has 0 radical (unpaired) electrons. The minimum Gasteiger partial charge on any atom is -0.465 e. The maximum Gasteiger partial charge on any atom is 0.407 e. The number of pyridine rings is 1. The van der Waals surface area contributed by atoms with E-state index >= 15 is 0 Å². The Labute approximate surface area is 151 Å². The SMILES string of the molecule is CSc1ncc2cc(Br)c(=O)n(CC3CCN(C(=O)O)CC3)c2n1. The Bertz CT molecular complexity index is 833. The molecular formula is C15H17BrN4O3S. The van der Waals surface area contributed by atoms with E-state index in [1.807, 2.05) is 6.26 Å². The summed E-state index contributed by atoms with van der Waals surface area (Å²) in [4.78, 5) is 33.8. The van der Waals surface area contributed by atoms with E-state index in [4.69, 9.17) is 5.11 Å². The molecule has 0 unspecified atom stereocenters. The number of nitrogens with zero attached hydrogens (tertiary/aromatic N) is 4. The predicted octanol–water partition coefficient (Wildman–Crippen LogP) is 2.67. The quantitative estimate of drug-likeness (QED) is 0.615. The minimum atomic E-state index is -0.879. The average Bonchev–Trinajstić information content (AvgIpc) is 2.59. The van der Waals surface area contributed by atoms with Crippen LogP contribution in [0.15, 0.2) is 26.7 Å². The lowest BCUT2D eigenvalue weighted by Crippen LogP contribution is -2.39. The van der Waals surface area contributed by atoms with E-state index in [2.05, 4.69) is 25.9 Å². The highest BCUT2D eigenvalue weighted by Gasteiger charge is 2.23. The molecule has 0 saturated carbocycles. The smallest absolute Gasteiger partial charge is 0.407 e. The molecular weight excluding hydrogens is 396 g/mol. The molecule has 2 aromatic rings. The van der Waals surface area contributed by atoms with Crippen LogP contribution in [0.5, 0.6) is 0 Å². The van der Waals surface area contributed by atoms with Crippen LogP contribution in [0, 0.1) is 5.92 Å². The first-order valence-electron chi connectivity index (χ1n) is 7.57. The van der Waals surface area contributed by atoms with Gasteiger partial charge in [-0.1, -0.05) is 11.8 Å². The number of likely N-dealkylation sites (tertiary alicyclic amines) is 1. The predicted molar refractivity (Wildman–Crippen MR) is 95.6 cm³/mol. The zero-order valence-corrected chi connectivity index (χ0v) is 15.5. The van der Waals surface area contributed by atoms with E-state index in [9.17, 15) is 9.59 Å². The number of thioether (sulfide) groups is 1. The first-order valence-corrected chi connectivity index (χ1v) is 9.59. The number of hydrogen-bond acceptors (Lipinski definition) is 5. The summed E-state index contributed by atoms with van der Waals surface area (Å²) in [6.45, 7) is 1.55. The van der Waals surface area contributed by atoms with Crippen LogP contribution in [0.2, 0.25) is 0 Å². The Morgan fingerprint density at radius 3 is 2.79 bits per heavy atom. The molecule has 24 heavy (non-hydrogen) atoms. The highest BCUT2D eigenvalue weighted by molar-refractivity contribution is 9.10. The third-order valence-electron chi connectivity index (χ3n) is 4.27. The van der Waals surface area contributed by atoms with Gasteiger partial charge in [0.2, 0.25) is 0 Å². The van der Waals surface area contributed by atoms with E-state index in [1.54, 1.807) is 16.8 Å². The minimum absolute atomic E-state index is 0.117. The molecule has 2 aromatic heterocycles. The highest BCUT2D eigenvalue weighted by atomic mass is 79.9. The van der Waals surface area contributed by atoms with Gasteiger partial charge in [0.1, 0.15) is 5.65 Å². The van der Waals surface area contributed by atoms with Crippen molar-refractivity contribution >= 4 is 44.8 Å². The molecule has 128 valence electrons. The van der Waals surface area contributed by atoms with Gasteiger partial charge in [0, 0.05) is 31.2 Å². The number of amides is 1. The standard InChI is InChI=1S/C15H17BrN4O3S/c1-24-14-17-7-10-6-11(16)13(21)20(12(10)18-14)8-9-2-4-19(5-3-9)15(22)23/h6-7,9H,2-5,8H2,1H3,(H,22,23). The molecule has 9 heteroatoms. The number of carboxylic acid groups (broad SMARTS) is 1. The van der Waals surface area contributed by atoms with E-state index in [-0.39, 0.29) is 11.5 Å². The lowest BCUT2D eigenvalue weighted by atomic mass is 9.97. The monoisotopic (exact) mass is 412 g/mol. The van der Waals surface area contributed by atoms with Crippen molar-refractivity contribution in [2.75, 3.05) is 19.3 Å². The lowest BCUT2D eigenvalue weighted by Gasteiger charge is -2.30. The molecule has 0 aliphatic carbocycles. The Morgan fingerprint density at radius 2 is 2.17 bits per heavy atom. The van der Waals surface area contributed by atoms with Gasteiger partial charge in [-0.2, -0.15) is 0 Å². The fourth-order valence-corrected chi connectivity index (χ4v) is 3.74. The van der Waals surface area contributed by atoms with Crippen molar-refractivity contribution in [3.8, 4) is 0 Å². The highest BCUT2D eigenvalue weighted by Crippen LogP contribution is 2.22. The summed E-state index contributed by atoms with van der Waals surface area (Å²) in [6, 6.07) is 1.74. The van der Waals surface area contributed by atoms with Gasteiger partial charge in [-0.15, -0.1) is 0 Å². The first-order chi connectivity index (χ1) is 11.5. The normalized spacial score (nSPS) is 15.8. The average molecular weight is 413 g/mol. The summed E-state index contributed by atoms with van der Waals surface area (Å²) in [7, 11) is 0. The topological polar surface area (TPSA) is 88.3 Å². The van der Waals surface area contributed by atoms with Crippen molar-refractivity contribution < 1.29 is 9.90 Å². The second-order valence-electron chi connectivity index (χ2n) is 5.76. The maximum absolute atomic E-state index is 12.6. The third kappa shape index (κ3) is 3.41. The van der Waals surface area contributed by atoms with Crippen molar-refractivity contribution in [2.24, 2.45) is 5.92 Å². The number of aromatic nitrogens is 3. The fraction of sp³-hybridized carbons (Fsp3) is 0.467. The summed E-state index contributed by atoms with van der Waals surface area (Å²) in [5.41, 5.74) is 0.511. The van der Waals surface area contributed by atoms with Crippen molar-refractivity contribution in [3.63, 3.8) is 0 Å². The third-order valence-corrected chi connectivity index (χ3v) is 5.40. The summed E-state index contributed by atoms with van der Waals surface area (Å²) >= 11 is 4.75. The molecule has 1 amide bonds. The molecule has 1 N–H and O–H groups in total. The van der Waals surface area contributed by atoms with Crippen LogP contribution in [0.25, 0.3) is 11.0 Å². The van der Waals surface area contributed by atoms with Gasteiger partial charge in [0.05, 0.1) is 4.47 Å². The molecule has 0 atom stereocenters. The number of halogens is 1. The molecule has 0 bridgehead atoms. The van der Waals surface area contributed by atoms with Crippen LogP contribution in [-0.2, 0) is 6.54 Å². The van der Waals surface area contributed by atoms with Gasteiger partial charge in [-0.25, -0.2) is 14.8 Å². The second kappa shape index (κ2) is 7.10. The van der Waals surface area contributed by atoms with Gasteiger partial charge in [-0.05, 0) is 47.0 Å². The van der Waals surface area contributed by atoms with E-state index in [1.165, 1.54) is 16.7 Å². The number of fused-ring (bicyclic) bond motifs is 1. The van der Waals surface area contributed by atoms with Gasteiger partial charge >= 0.3 is 6.09 Å². The van der Waals surface area contributed by atoms with E-state index in [0.717, 1.165) is 18.2 Å². The zero-order valence-electron chi connectivity index (χ0n) is 13.1. The molecule has 7 nitrogen and oxygen atoms in total. The Hall–Kier alpha value is -1.61. The maximum atomic E-state index is 12.6. The Kier molecular flexibility index (Phi) is 5.09. The Balaban J connectivity index is 1.92. The molecule has 1 aliphatic heterocycles. The van der Waals surface area contributed by atoms with Crippen molar-refractivity contribution in [1.82, 2.24) is 19.4 Å². The van der Waals surface area contributed by atoms with Crippen molar-refractivity contribution in [1.29, 1.82) is 0 Å². The summed E-state index contributed by atoms with van der Waals surface area (Å²) in [5.74, 6) is 0.253. The lowest BCUT2D eigenvalue weighted by molar-refractivity contribution is 0.121. The zero-order chi connectivity index (χ0) is 17.3. The van der Waals surface area contributed by atoms with Gasteiger partial charge in [-0.3, -0.25) is 9.36 Å². The van der Waals surface area contributed by atoms with Gasteiger partial charge in [0.25, 0.3) is 5.56 Å².